The molecule has 2 aliphatic rings. The minimum Gasteiger partial charge on any atom is -0.459 e. The van der Waals surface area contributed by atoms with Gasteiger partial charge in [-0.15, -0.1) is 11.8 Å². The number of nitrogens with zero attached hydrogens (tertiary/aromatic N) is 1. The van der Waals surface area contributed by atoms with Crippen molar-refractivity contribution in [3.05, 3.63) is 11.1 Å². The van der Waals surface area contributed by atoms with Crippen LogP contribution >= 0.6 is 11.8 Å². The van der Waals surface area contributed by atoms with E-state index in [1.54, 1.807) is 12.3 Å². The normalized spacial score (nSPS) is 23.9. The molecule has 1 radical (unpaired) electrons. The van der Waals surface area contributed by atoms with Crippen LogP contribution in [-0.4, -0.2) is 64.4 Å². The number of β-lactam (4-membered cyclic amide) rings is 1. The Morgan fingerprint density at radius 3 is 3.06 bits per heavy atom. The Morgan fingerprint density at radius 2 is 2.50 bits per heavy atom. The number of ether oxygens (including phenoxy) is 1. The molecule has 0 spiro atoms. The predicted molar refractivity (Wildman–Crippen MR) is 61.3 cm³/mol. The first-order chi connectivity index (χ1) is 7.09. The second-order valence-electron chi connectivity index (χ2n) is 3.64. The van der Waals surface area contributed by atoms with Gasteiger partial charge in [-0.1, -0.05) is 0 Å². The molecule has 2 atom stereocenters. The first-order valence-corrected chi connectivity index (χ1v) is 5.64. The molecule has 2 heterocycles. The zero-order valence-electron chi connectivity index (χ0n) is 9.30. The Bertz CT molecular complexity index is 346. The summed E-state index contributed by atoms with van der Waals surface area (Å²) >= 11 is 1.48. The topological polar surface area (TPSA) is 72.6 Å². The predicted octanol–water partition coefficient (Wildman–Crippen LogP) is -0.357. The minimum absolute atomic E-state index is 0. The van der Waals surface area contributed by atoms with E-state index in [2.05, 4.69) is 0 Å². The fourth-order valence-corrected chi connectivity index (χ4v) is 2.50. The van der Waals surface area contributed by atoms with E-state index in [4.69, 9.17) is 10.5 Å². The van der Waals surface area contributed by atoms with Gasteiger partial charge in [-0.2, -0.15) is 0 Å². The molecule has 0 aromatic rings. The van der Waals surface area contributed by atoms with Gasteiger partial charge >= 0.3 is 5.97 Å². The zero-order chi connectivity index (χ0) is 11.0. The third kappa shape index (κ3) is 2.62. The number of hydrogen-bond donors (Lipinski definition) is 1. The number of rotatable bonds is 3. The van der Waals surface area contributed by atoms with Crippen molar-refractivity contribution >= 4 is 53.2 Å². The first kappa shape index (κ1) is 14.1. The number of fused-ring (bicyclic) bond motifs is 1. The number of esters is 1. The Hall–Kier alpha value is -0.0100. The fourth-order valence-electron chi connectivity index (χ4n) is 1.41. The average Bonchev–Trinajstić information content (AvgIpc) is 2.51. The van der Waals surface area contributed by atoms with Crippen molar-refractivity contribution in [2.75, 3.05) is 6.61 Å². The van der Waals surface area contributed by atoms with Gasteiger partial charge in [0.2, 0.25) is 5.91 Å². The quantitative estimate of drug-likeness (QED) is 0.421. The van der Waals surface area contributed by atoms with Gasteiger partial charge in [0.25, 0.3) is 0 Å². The van der Waals surface area contributed by atoms with E-state index in [0.29, 0.717) is 12.1 Å². The molecule has 0 aliphatic carbocycles. The summed E-state index contributed by atoms with van der Waals surface area (Å²) in [5.41, 5.74) is 5.81. The number of carbonyl (C=O) groups is 2. The third-order valence-corrected chi connectivity index (χ3v) is 3.24. The molecule has 2 N–H and O–H groups in total. The fraction of sp³-hybridized carbons (Fsp3) is 0.556. The number of carbonyl (C=O) groups excluding carboxylic acids is 2. The molecular weight excluding hydrogens is 239 g/mol. The van der Waals surface area contributed by atoms with Gasteiger partial charge in [-0.3, -0.25) is 9.69 Å². The summed E-state index contributed by atoms with van der Waals surface area (Å²) in [6.07, 6.45) is 0.505. The van der Waals surface area contributed by atoms with Crippen LogP contribution in [-0.2, 0) is 14.3 Å². The van der Waals surface area contributed by atoms with Crippen LogP contribution < -0.4 is 5.73 Å². The average molecular weight is 251 g/mol. The smallest absolute Gasteiger partial charge is 0.355 e. The van der Waals surface area contributed by atoms with E-state index < -0.39 is 5.97 Å². The Kier molecular flexibility index (Phi) is 4.88. The molecule has 1 unspecified atom stereocenters. The van der Waals surface area contributed by atoms with Crippen molar-refractivity contribution in [3.8, 4) is 0 Å². The molecular formula is C9H12N2NaO3S. The van der Waals surface area contributed by atoms with Crippen molar-refractivity contribution in [3.63, 3.8) is 0 Å². The standard InChI is InChI=1S/C9H12N2O3S.Na/c1-5(10)3-14-9(13)6-4-15-8-2-7(12)11(6)8;/h4-5,8H,2-3,10H2,1H3;/t5?,8-;/m1./s1. The van der Waals surface area contributed by atoms with Crippen LogP contribution in [0, 0.1) is 0 Å². The number of amides is 1. The molecule has 1 amide bonds. The summed E-state index contributed by atoms with van der Waals surface area (Å²) in [5.74, 6) is -0.482. The van der Waals surface area contributed by atoms with Gasteiger partial charge < -0.3 is 10.5 Å². The van der Waals surface area contributed by atoms with E-state index in [0.717, 1.165) is 0 Å². The Labute approximate surface area is 120 Å². The van der Waals surface area contributed by atoms with Crippen LogP contribution in [0.4, 0.5) is 0 Å². The van der Waals surface area contributed by atoms with Gasteiger partial charge in [-0.25, -0.2) is 4.79 Å². The zero-order valence-corrected chi connectivity index (χ0v) is 12.1. The largest absolute Gasteiger partial charge is 0.459 e. The van der Waals surface area contributed by atoms with Gasteiger partial charge in [0.1, 0.15) is 12.3 Å². The van der Waals surface area contributed by atoms with Crippen molar-refractivity contribution in [1.29, 1.82) is 0 Å². The molecule has 1 saturated heterocycles. The van der Waals surface area contributed by atoms with Crippen LogP contribution in [0.5, 0.6) is 0 Å². The minimum atomic E-state index is -0.463. The molecule has 0 aromatic carbocycles. The number of nitrogens with two attached hydrogens (primary N) is 1. The van der Waals surface area contributed by atoms with Crippen LogP contribution in [0.2, 0.25) is 0 Å². The van der Waals surface area contributed by atoms with Gasteiger partial charge in [-0.05, 0) is 6.92 Å². The maximum atomic E-state index is 11.5. The van der Waals surface area contributed by atoms with E-state index in [1.165, 1.54) is 16.7 Å². The van der Waals surface area contributed by atoms with Crippen LogP contribution in [0.3, 0.4) is 0 Å². The first-order valence-electron chi connectivity index (χ1n) is 4.70. The summed E-state index contributed by atoms with van der Waals surface area (Å²) in [4.78, 5) is 24.2. The maximum absolute atomic E-state index is 11.5. The van der Waals surface area contributed by atoms with Crippen molar-refractivity contribution in [1.82, 2.24) is 4.90 Å². The van der Waals surface area contributed by atoms with Crippen LogP contribution in [0.1, 0.15) is 13.3 Å². The summed E-state index contributed by atoms with van der Waals surface area (Å²) in [6.45, 7) is 1.93. The molecule has 5 nitrogen and oxygen atoms in total. The van der Waals surface area contributed by atoms with Crippen molar-refractivity contribution < 1.29 is 14.3 Å². The summed E-state index contributed by atoms with van der Waals surface area (Å²) in [6, 6.07) is -0.188. The molecule has 83 valence electrons. The molecule has 16 heavy (non-hydrogen) atoms. The molecule has 1 fully saturated rings. The van der Waals surface area contributed by atoms with Gasteiger partial charge in [0.15, 0.2) is 0 Å². The van der Waals surface area contributed by atoms with E-state index in [-0.39, 0.29) is 53.5 Å². The second kappa shape index (κ2) is 5.55. The maximum Gasteiger partial charge on any atom is 0.355 e. The van der Waals surface area contributed by atoms with Gasteiger partial charge in [0.05, 0.1) is 11.8 Å². The van der Waals surface area contributed by atoms with E-state index in [1.807, 2.05) is 0 Å². The van der Waals surface area contributed by atoms with E-state index in [9.17, 15) is 9.59 Å². The molecule has 7 heteroatoms. The monoisotopic (exact) mass is 251 g/mol. The Morgan fingerprint density at radius 1 is 1.81 bits per heavy atom. The molecule has 2 rings (SSSR count). The molecule has 0 saturated carbocycles. The number of hydrogen-bond acceptors (Lipinski definition) is 5. The summed E-state index contributed by atoms with van der Waals surface area (Å²) in [7, 11) is 0. The van der Waals surface area contributed by atoms with Crippen LogP contribution in [0.25, 0.3) is 0 Å². The van der Waals surface area contributed by atoms with Gasteiger partial charge in [0, 0.05) is 41.0 Å². The third-order valence-electron chi connectivity index (χ3n) is 2.19. The van der Waals surface area contributed by atoms with Crippen molar-refractivity contribution in [2.24, 2.45) is 5.73 Å². The SMILES string of the molecule is CC(N)COC(=O)C1=CS[C@@H]2CC(=O)N12.[Na]. The molecule has 0 aromatic heterocycles. The Balaban J connectivity index is 0.00000128. The summed E-state index contributed by atoms with van der Waals surface area (Å²) in [5, 5.41) is 1.79. The van der Waals surface area contributed by atoms with Crippen molar-refractivity contribution in [2.45, 2.75) is 24.8 Å². The second-order valence-corrected chi connectivity index (χ2v) is 4.69. The number of thioether (sulfide) groups is 1. The van der Waals surface area contributed by atoms with E-state index >= 15 is 0 Å². The summed E-state index contributed by atoms with van der Waals surface area (Å²) < 4.78 is 4.95. The molecule has 0 bridgehead atoms. The van der Waals surface area contributed by atoms with Crippen LogP contribution in [0.15, 0.2) is 11.1 Å². The molecule has 2 aliphatic heterocycles.